The SMILES string of the molecule is COC(=O)[C@H](C)CN(C)C(=O)C1CCN(C(=O)c2ccc(Cl)cc2)CC1. The minimum Gasteiger partial charge on any atom is -0.469 e. The van der Waals surface area contributed by atoms with E-state index >= 15 is 0 Å². The number of nitrogens with zero attached hydrogens (tertiary/aromatic N) is 2. The normalized spacial score (nSPS) is 16.1. The number of rotatable bonds is 5. The van der Waals surface area contributed by atoms with Crippen molar-refractivity contribution < 1.29 is 19.1 Å². The molecule has 1 heterocycles. The Labute approximate surface area is 159 Å². The molecule has 1 aliphatic heterocycles. The van der Waals surface area contributed by atoms with Crippen LogP contribution in [0.3, 0.4) is 0 Å². The van der Waals surface area contributed by atoms with E-state index in [1.54, 1.807) is 48.0 Å². The summed E-state index contributed by atoms with van der Waals surface area (Å²) in [6.45, 7) is 3.15. The van der Waals surface area contributed by atoms with E-state index in [-0.39, 0.29) is 29.6 Å². The lowest BCUT2D eigenvalue weighted by molar-refractivity contribution is -0.146. The molecular formula is C19H25ClN2O4. The van der Waals surface area contributed by atoms with Crippen LogP contribution in [-0.2, 0) is 14.3 Å². The van der Waals surface area contributed by atoms with Crippen LogP contribution < -0.4 is 0 Å². The molecule has 0 spiro atoms. The molecule has 26 heavy (non-hydrogen) atoms. The predicted octanol–water partition coefficient (Wildman–Crippen LogP) is 2.46. The van der Waals surface area contributed by atoms with Crippen LogP contribution in [0.1, 0.15) is 30.1 Å². The second kappa shape index (κ2) is 9.03. The van der Waals surface area contributed by atoms with E-state index in [4.69, 9.17) is 16.3 Å². The van der Waals surface area contributed by atoms with Gasteiger partial charge >= 0.3 is 5.97 Å². The van der Waals surface area contributed by atoms with Gasteiger partial charge in [0.15, 0.2) is 0 Å². The molecule has 0 saturated carbocycles. The first-order valence-electron chi connectivity index (χ1n) is 8.71. The highest BCUT2D eigenvalue weighted by molar-refractivity contribution is 6.30. The summed E-state index contributed by atoms with van der Waals surface area (Å²) >= 11 is 5.85. The van der Waals surface area contributed by atoms with Crippen LogP contribution in [0.25, 0.3) is 0 Å². The number of carbonyl (C=O) groups excluding carboxylic acids is 3. The highest BCUT2D eigenvalue weighted by Crippen LogP contribution is 2.22. The molecule has 1 saturated heterocycles. The summed E-state index contributed by atoms with van der Waals surface area (Å²) in [5, 5.41) is 0.593. The van der Waals surface area contributed by atoms with Gasteiger partial charge in [0.25, 0.3) is 5.91 Å². The van der Waals surface area contributed by atoms with Crippen molar-refractivity contribution in [1.29, 1.82) is 0 Å². The Hall–Kier alpha value is -2.08. The van der Waals surface area contributed by atoms with Crippen molar-refractivity contribution in [2.45, 2.75) is 19.8 Å². The maximum absolute atomic E-state index is 12.6. The number of methoxy groups -OCH3 is 1. The van der Waals surface area contributed by atoms with Crippen LogP contribution in [0.4, 0.5) is 0 Å². The summed E-state index contributed by atoms with van der Waals surface area (Å²) in [5.74, 6) is -0.841. The van der Waals surface area contributed by atoms with Crippen LogP contribution in [0, 0.1) is 11.8 Å². The van der Waals surface area contributed by atoms with Gasteiger partial charge in [-0.15, -0.1) is 0 Å². The summed E-state index contributed by atoms with van der Waals surface area (Å²) in [5.41, 5.74) is 0.600. The van der Waals surface area contributed by atoms with E-state index in [1.165, 1.54) is 7.11 Å². The lowest BCUT2D eigenvalue weighted by Gasteiger charge is -2.33. The number of halogens is 1. The lowest BCUT2D eigenvalue weighted by Crippen LogP contribution is -2.44. The van der Waals surface area contributed by atoms with E-state index < -0.39 is 0 Å². The van der Waals surface area contributed by atoms with Gasteiger partial charge in [-0.25, -0.2) is 0 Å². The molecule has 2 rings (SSSR count). The smallest absolute Gasteiger partial charge is 0.310 e. The maximum Gasteiger partial charge on any atom is 0.310 e. The van der Waals surface area contributed by atoms with Gasteiger partial charge in [0.2, 0.25) is 5.91 Å². The first-order valence-corrected chi connectivity index (χ1v) is 9.09. The Morgan fingerprint density at radius 1 is 1.23 bits per heavy atom. The third kappa shape index (κ3) is 4.97. The van der Waals surface area contributed by atoms with Crippen molar-refractivity contribution in [3.05, 3.63) is 34.9 Å². The molecule has 0 bridgehead atoms. The standard InChI is InChI=1S/C19H25ClN2O4/c1-13(19(25)26-3)12-21(2)17(23)15-8-10-22(11-9-15)18(24)14-4-6-16(20)7-5-14/h4-7,13,15H,8-12H2,1-3H3/t13-/m1/s1. The van der Waals surface area contributed by atoms with E-state index in [0.717, 1.165) is 0 Å². The summed E-state index contributed by atoms with van der Waals surface area (Å²) in [6, 6.07) is 6.82. The Bertz CT molecular complexity index is 654. The van der Waals surface area contributed by atoms with Crippen LogP contribution in [0.5, 0.6) is 0 Å². The minimum absolute atomic E-state index is 0.0133. The number of amides is 2. The highest BCUT2D eigenvalue weighted by Gasteiger charge is 2.30. The first-order chi connectivity index (χ1) is 12.3. The van der Waals surface area contributed by atoms with E-state index in [2.05, 4.69) is 0 Å². The Balaban J connectivity index is 1.87. The largest absolute Gasteiger partial charge is 0.469 e. The molecule has 2 amide bonds. The first kappa shape index (κ1) is 20.2. The Morgan fingerprint density at radius 3 is 2.35 bits per heavy atom. The van der Waals surface area contributed by atoms with Crippen LogP contribution in [0.15, 0.2) is 24.3 Å². The van der Waals surface area contributed by atoms with Gasteiger partial charge in [-0.05, 0) is 37.1 Å². The summed E-state index contributed by atoms with van der Waals surface area (Å²) in [6.07, 6.45) is 1.24. The van der Waals surface area contributed by atoms with Gasteiger partial charge in [0.1, 0.15) is 0 Å². The quantitative estimate of drug-likeness (QED) is 0.736. The fourth-order valence-electron chi connectivity index (χ4n) is 3.19. The molecule has 0 aromatic heterocycles. The monoisotopic (exact) mass is 380 g/mol. The van der Waals surface area contributed by atoms with Crippen molar-refractivity contribution in [3.63, 3.8) is 0 Å². The van der Waals surface area contributed by atoms with Gasteiger partial charge in [-0.1, -0.05) is 18.5 Å². The molecule has 0 unspecified atom stereocenters. The second-order valence-corrected chi connectivity index (χ2v) is 7.15. The molecule has 6 nitrogen and oxygen atoms in total. The number of carbonyl (C=O) groups is 3. The molecule has 1 fully saturated rings. The molecule has 0 aliphatic carbocycles. The third-order valence-electron chi connectivity index (χ3n) is 4.75. The average molecular weight is 381 g/mol. The number of piperidine rings is 1. The zero-order chi connectivity index (χ0) is 19.3. The molecule has 7 heteroatoms. The molecule has 1 aliphatic rings. The highest BCUT2D eigenvalue weighted by atomic mass is 35.5. The number of benzene rings is 1. The van der Waals surface area contributed by atoms with E-state index in [0.29, 0.717) is 43.1 Å². The number of hydrogen-bond acceptors (Lipinski definition) is 4. The topological polar surface area (TPSA) is 66.9 Å². The van der Waals surface area contributed by atoms with Crippen LogP contribution >= 0.6 is 11.6 Å². The molecule has 0 N–H and O–H groups in total. The van der Waals surface area contributed by atoms with Gasteiger partial charge in [0.05, 0.1) is 13.0 Å². The summed E-state index contributed by atoms with van der Waals surface area (Å²) in [7, 11) is 3.04. The van der Waals surface area contributed by atoms with Gasteiger partial charge in [-0.3, -0.25) is 14.4 Å². The maximum atomic E-state index is 12.6. The predicted molar refractivity (Wildman–Crippen MR) is 98.9 cm³/mol. The molecule has 142 valence electrons. The van der Waals surface area contributed by atoms with Gasteiger partial charge < -0.3 is 14.5 Å². The van der Waals surface area contributed by atoms with Crippen molar-refractivity contribution in [2.24, 2.45) is 11.8 Å². The zero-order valence-electron chi connectivity index (χ0n) is 15.4. The van der Waals surface area contributed by atoms with Crippen molar-refractivity contribution in [2.75, 3.05) is 33.8 Å². The lowest BCUT2D eigenvalue weighted by atomic mass is 9.94. The van der Waals surface area contributed by atoms with E-state index in [1.807, 2.05) is 0 Å². The van der Waals surface area contributed by atoms with Crippen molar-refractivity contribution in [1.82, 2.24) is 9.80 Å². The van der Waals surface area contributed by atoms with Crippen LogP contribution in [0.2, 0.25) is 5.02 Å². The van der Waals surface area contributed by atoms with Crippen molar-refractivity contribution >= 4 is 29.4 Å². The van der Waals surface area contributed by atoms with E-state index in [9.17, 15) is 14.4 Å². The van der Waals surface area contributed by atoms with Crippen LogP contribution in [-0.4, -0.2) is 61.4 Å². The summed E-state index contributed by atoms with van der Waals surface area (Å²) in [4.78, 5) is 40.0. The third-order valence-corrected chi connectivity index (χ3v) is 5.00. The van der Waals surface area contributed by atoms with Gasteiger partial charge in [0, 0.05) is 43.2 Å². The Morgan fingerprint density at radius 2 is 1.81 bits per heavy atom. The Kier molecular flexibility index (Phi) is 7.03. The van der Waals surface area contributed by atoms with Crippen molar-refractivity contribution in [3.8, 4) is 0 Å². The van der Waals surface area contributed by atoms with Gasteiger partial charge in [-0.2, -0.15) is 0 Å². The minimum atomic E-state index is -0.361. The fraction of sp³-hybridized carbons (Fsp3) is 0.526. The number of ether oxygens (including phenoxy) is 1. The average Bonchev–Trinajstić information content (AvgIpc) is 2.66. The number of esters is 1. The molecule has 1 aromatic rings. The summed E-state index contributed by atoms with van der Waals surface area (Å²) < 4.78 is 4.70. The molecular weight excluding hydrogens is 356 g/mol. The molecule has 1 atom stereocenters. The molecule has 0 radical (unpaired) electrons. The second-order valence-electron chi connectivity index (χ2n) is 6.72. The zero-order valence-corrected chi connectivity index (χ0v) is 16.2. The number of hydrogen-bond donors (Lipinski definition) is 0. The molecule has 1 aromatic carbocycles. The fourth-order valence-corrected chi connectivity index (χ4v) is 3.32. The number of likely N-dealkylation sites (tertiary alicyclic amines) is 1.